The third kappa shape index (κ3) is 3.75. The monoisotopic (exact) mass is 326 g/mol. The Morgan fingerprint density at radius 2 is 2.04 bits per heavy atom. The molecule has 23 heavy (non-hydrogen) atoms. The number of amides is 1. The second kappa shape index (κ2) is 7.64. The lowest BCUT2D eigenvalue weighted by molar-refractivity contribution is 0.0611. The van der Waals surface area contributed by atoms with Gasteiger partial charge in [0.15, 0.2) is 0 Å². The summed E-state index contributed by atoms with van der Waals surface area (Å²) in [6.45, 7) is 2.95. The number of piperidine rings is 1. The number of carbonyl (C=O) groups excluding carboxylic acids is 1. The van der Waals surface area contributed by atoms with Crippen LogP contribution in [0.3, 0.4) is 0 Å². The van der Waals surface area contributed by atoms with Crippen LogP contribution < -0.4 is 0 Å². The topological polar surface area (TPSA) is 33.2 Å². The highest BCUT2D eigenvalue weighted by Crippen LogP contribution is 2.32. The van der Waals surface area contributed by atoms with Crippen molar-refractivity contribution in [3.8, 4) is 0 Å². The average molecular weight is 326 g/mol. The fourth-order valence-corrected chi connectivity index (χ4v) is 3.68. The van der Waals surface area contributed by atoms with Crippen LogP contribution in [-0.2, 0) is 0 Å². The van der Waals surface area contributed by atoms with E-state index in [0.717, 1.165) is 47.7 Å². The van der Waals surface area contributed by atoms with E-state index in [1.54, 1.807) is 11.8 Å². The number of rotatable bonds is 4. The molecule has 3 rings (SSSR count). The molecule has 0 spiro atoms. The number of likely N-dealkylation sites (tertiary alicyclic amines) is 1. The van der Waals surface area contributed by atoms with Gasteiger partial charge in [-0.05, 0) is 48.8 Å². The highest BCUT2D eigenvalue weighted by atomic mass is 32.2. The third-order valence-electron chi connectivity index (χ3n) is 4.22. The highest BCUT2D eigenvalue weighted by molar-refractivity contribution is 7.99. The first-order valence-corrected chi connectivity index (χ1v) is 9.23. The zero-order valence-electron chi connectivity index (χ0n) is 13.4. The molecule has 1 aliphatic heterocycles. The van der Waals surface area contributed by atoms with E-state index < -0.39 is 0 Å². The van der Waals surface area contributed by atoms with Gasteiger partial charge in [0.2, 0.25) is 0 Å². The summed E-state index contributed by atoms with van der Waals surface area (Å²) in [6, 6.07) is 13.9. The Hall–Kier alpha value is -1.81. The molecule has 3 nitrogen and oxygen atoms in total. The predicted molar refractivity (Wildman–Crippen MR) is 94.7 cm³/mol. The van der Waals surface area contributed by atoms with Crippen molar-refractivity contribution in [2.75, 3.05) is 12.3 Å². The third-order valence-corrected chi connectivity index (χ3v) is 5.05. The molecule has 0 radical (unpaired) electrons. The van der Waals surface area contributed by atoms with Gasteiger partial charge >= 0.3 is 0 Å². The van der Waals surface area contributed by atoms with E-state index in [9.17, 15) is 4.79 Å². The second-order valence-corrected chi connectivity index (χ2v) is 7.02. The molecule has 0 bridgehead atoms. The molecule has 0 N–H and O–H groups in total. The number of nitrogens with zero attached hydrogens (tertiary/aromatic N) is 2. The van der Waals surface area contributed by atoms with Crippen LogP contribution in [0.2, 0.25) is 0 Å². The summed E-state index contributed by atoms with van der Waals surface area (Å²) in [7, 11) is 0. The smallest absolute Gasteiger partial charge is 0.254 e. The van der Waals surface area contributed by atoms with Gasteiger partial charge in [-0.1, -0.05) is 31.2 Å². The van der Waals surface area contributed by atoms with Crippen LogP contribution in [0.1, 0.15) is 48.1 Å². The van der Waals surface area contributed by atoms with Gasteiger partial charge in [-0.15, -0.1) is 11.8 Å². The molecule has 120 valence electrons. The Bertz CT molecular complexity index is 642. The van der Waals surface area contributed by atoms with Crippen molar-refractivity contribution in [3.05, 3.63) is 59.8 Å². The van der Waals surface area contributed by atoms with Crippen LogP contribution in [0.15, 0.2) is 53.7 Å². The Morgan fingerprint density at radius 3 is 2.74 bits per heavy atom. The number of thioether (sulfide) groups is 1. The Balaban J connectivity index is 1.82. The molecule has 1 fully saturated rings. The van der Waals surface area contributed by atoms with Crippen molar-refractivity contribution in [3.63, 3.8) is 0 Å². The first-order chi connectivity index (χ1) is 11.3. The van der Waals surface area contributed by atoms with E-state index in [1.807, 2.05) is 41.4 Å². The van der Waals surface area contributed by atoms with Gasteiger partial charge in [0.1, 0.15) is 0 Å². The highest BCUT2D eigenvalue weighted by Gasteiger charge is 2.28. The Morgan fingerprint density at radius 1 is 1.22 bits per heavy atom. The van der Waals surface area contributed by atoms with Crippen molar-refractivity contribution in [2.24, 2.45) is 0 Å². The molecule has 2 heterocycles. The van der Waals surface area contributed by atoms with Gasteiger partial charge in [0.25, 0.3) is 5.91 Å². The summed E-state index contributed by atoms with van der Waals surface area (Å²) in [5.74, 6) is 1.15. The molecule has 1 aromatic carbocycles. The minimum atomic E-state index is 0.127. The van der Waals surface area contributed by atoms with Gasteiger partial charge in [-0.25, -0.2) is 4.98 Å². The second-order valence-electron chi connectivity index (χ2n) is 5.74. The van der Waals surface area contributed by atoms with Gasteiger partial charge in [-0.3, -0.25) is 4.79 Å². The maximum atomic E-state index is 12.9. The molecule has 1 atom stereocenters. The molecule has 1 amide bonds. The van der Waals surface area contributed by atoms with Crippen LogP contribution >= 0.6 is 11.8 Å². The fraction of sp³-hybridized carbons (Fsp3) is 0.368. The van der Waals surface area contributed by atoms with Gasteiger partial charge in [0.05, 0.1) is 11.1 Å². The SMILES string of the molecule is CCSc1ccc([C@@H]2CCCCN2C(=O)c2ccccc2)cn1. The Labute approximate surface area is 142 Å². The number of benzene rings is 1. The van der Waals surface area contributed by atoms with Gasteiger partial charge in [-0.2, -0.15) is 0 Å². The average Bonchev–Trinajstić information content (AvgIpc) is 2.63. The summed E-state index contributed by atoms with van der Waals surface area (Å²) in [6.07, 6.45) is 5.20. The number of pyridine rings is 1. The maximum Gasteiger partial charge on any atom is 0.254 e. The fourth-order valence-electron chi connectivity index (χ4n) is 3.09. The molecule has 2 aromatic rings. The zero-order chi connectivity index (χ0) is 16.1. The summed E-state index contributed by atoms with van der Waals surface area (Å²) >= 11 is 1.74. The molecule has 1 aliphatic rings. The van der Waals surface area contributed by atoms with Crippen LogP contribution in [-0.4, -0.2) is 28.1 Å². The standard InChI is InChI=1S/C19H22N2OS/c1-2-23-18-12-11-16(14-20-18)17-10-6-7-13-21(17)19(22)15-8-4-3-5-9-15/h3-5,8-9,11-12,14,17H,2,6-7,10,13H2,1H3/t17-/m0/s1. The molecule has 0 aliphatic carbocycles. The zero-order valence-corrected chi connectivity index (χ0v) is 14.3. The van der Waals surface area contributed by atoms with Gasteiger partial charge < -0.3 is 4.90 Å². The van der Waals surface area contributed by atoms with Crippen LogP contribution in [0.4, 0.5) is 0 Å². The number of carbonyl (C=O) groups is 1. The molecule has 4 heteroatoms. The van der Waals surface area contributed by atoms with Crippen molar-refractivity contribution in [2.45, 2.75) is 37.3 Å². The first kappa shape index (κ1) is 16.1. The minimum Gasteiger partial charge on any atom is -0.332 e. The van der Waals surface area contributed by atoms with E-state index in [4.69, 9.17) is 0 Å². The normalized spacial score (nSPS) is 18.0. The number of aromatic nitrogens is 1. The molecular formula is C19H22N2OS. The summed E-state index contributed by atoms with van der Waals surface area (Å²) in [5, 5.41) is 1.05. The van der Waals surface area contributed by atoms with Gasteiger partial charge in [0, 0.05) is 18.3 Å². The van der Waals surface area contributed by atoms with E-state index in [0.29, 0.717) is 0 Å². The lowest BCUT2D eigenvalue weighted by Crippen LogP contribution is -2.38. The molecule has 1 saturated heterocycles. The van der Waals surface area contributed by atoms with E-state index in [1.165, 1.54) is 0 Å². The molecule has 0 saturated carbocycles. The number of hydrogen-bond acceptors (Lipinski definition) is 3. The van der Waals surface area contributed by atoms with Crippen molar-refractivity contribution >= 4 is 17.7 Å². The minimum absolute atomic E-state index is 0.127. The largest absolute Gasteiger partial charge is 0.332 e. The van der Waals surface area contributed by atoms with Crippen LogP contribution in [0, 0.1) is 0 Å². The molecular weight excluding hydrogens is 304 g/mol. The quantitative estimate of drug-likeness (QED) is 0.772. The van der Waals surface area contributed by atoms with Crippen molar-refractivity contribution < 1.29 is 4.79 Å². The van der Waals surface area contributed by atoms with E-state index in [2.05, 4.69) is 24.0 Å². The molecule has 1 aromatic heterocycles. The lowest BCUT2D eigenvalue weighted by atomic mass is 9.95. The summed E-state index contributed by atoms with van der Waals surface area (Å²) < 4.78 is 0. The maximum absolute atomic E-state index is 12.9. The van der Waals surface area contributed by atoms with Crippen LogP contribution in [0.5, 0.6) is 0 Å². The first-order valence-electron chi connectivity index (χ1n) is 8.24. The van der Waals surface area contributed by atoms with E-state index in [-0.39, 0.29) is 11.9 Å². The van der Waals surface area contributed by atoms with Crippen molar-refractivity contribution in [1.29, 1.82) is 0 Å². The predicted octanol–water partition coefficient (Wildman–Crippen LogP) is 4.56. The summed E-state index contributed by atoms with van der Waals surface area (Å²) in [5.41, 5.74) is 1.92. The molecule has 0 unspecified atom stereocenters. The van der Waals surface area contributed by atoms with Crippen molar-refractivity contribution in [1.82, 2.24) is 9.88 Å². The Kier molecular flexibility index (Phi) is 5.34. The van der Waals surface area contributed by atoms with E-state index >= 15 is 0 Å². The van der Waals surface area contributed by atoms with Crippen LogP contribution in [0.25, 0.3) is 0 Å². The summed E-state index contributed by atoms with van der Waals surface area (Å²) in [4.78, 5) is 19.4. The number of hydrogen-bond donors (Lipinski definition) is 0. The lowest BCUT2D eigenvalue weighted by Gasteiger charge is -2.36.